The van der Waals surface area contributed by atoms with Crippen molar-refractivity contribution in [3.63, 3.8) is 0 Å². The molecule has 1 atom stereocenters. The molecule has 1 aliphatic rings. The van der Waals surface area contributed by atoms with Crippen molar-refractivity contribution in [2.75, 3.05) is 23.3 Å². The zero-order valence-corrected chi connectivity index (χ0v) is 17.7. The maximum atomic E-state index is 13.2. The van der Waals surface area contributed by atoms with Gasteiger partial charge in [0, 0.05) is 25.7 Å². The van der Waals surface area contributed by atoms with E-state index in [1.54, 1.807) is 17.0 Å². The SMILES string of the molecule is CC(=O)NCCN1C(=S)N(c2ccc(C)cc2)C(=O)[C@@H]1CC(=O)Nc1ccccc1. The maximum absolute atomic E-state index is 13.2. The smallest absolute Gasteiger partial charge is 0.256 e. The van der Waals surface area contributed by atoms with Crippen LogP contribution in [-0.2, 0) is 14.4 Å². The van der Waals surface area contributed by atoms with Gasteiger partial charge >= 0.3 is 0 Å². The Morgan fingerprint density at radius 2 is 1.73 bits per heavy atom. The molecule has 30 heavy (non-hydrogen) atoms. The van der Waals surface area contributed by atoms with Crippen LogP contribution in [0.3, 0.4) is 0 Å². The molecule has 1 saturated heterocycles. The summed E-state index contributed by atoms with van der Waals surface area (Å²) in [5.74, 6) is -0.701. The van der Waals surface area contributed by atoms with E-state index in [-0.39, 0.29) is 24.1 Å². The second-order valence-corrected chi connectivity index (χ2v) is 7.47. The summed E-state index contributed by atoms with van der Waals surface area (Å²) in [6.07, 6.45) is -0.0453. The van der Waals surface area contributed by atoms with Crippen molar-refractivity contribution in [2.45, 2.75) is 26.3 Å². The molecule has 3 rings (SSSR count). The molecule has 0 bridgehead atoms. The molecule has 2 aromatic rings. The first-order valence-corrected chi connectivity index (χ1v) is 10.1. The van der Waals surface area contributed by atoms with E-state index in [0.29, 0.717) is 29.6 Å². The second-order valence-electron chi connectivity index (χ2n) is 7.10. The minimum atomic E-state index is -0.740. The molecule has 0 unspecified atom stereocenters. The number of para-hydroxylation sites is 1. The predicted molar refractivity (Wildman–Crippen MR) is 120 cm³/mol. The topological polar surface area (TPSA) is 81.8 Å². The lowest BCUT2D eigenvalue weighted by Crippen LogP contribution is -2.42. The van der Waals surface area contributed by atoms with E-state index >= 15 is 0 Å². The van der Waals surface area contributed by atoms with E-state index < -0.39 is 6.04 Å². The van der Waals surface area contributed by atoms with Crippen molar-refractivity contribution >= 4 is 46.4 Å². The number of aryl methyl sites for hydroxylation is 1. The molecule has 0 aromatic heterocycles. The lowest BCUT2D eigenvalue weighted by molar-refractivity contribution is -0.124. The number of anilines is 2. The van der Waals surface area contributed by atoms with Crippen LogP contribution in [0.1, 0.15) is 18.9 Å². The number of hydrogen-bond acceptors (Lipinski definition) is 4. The highest BCUT2D eigenvalue weighted by molar-refractivity contribution is 7.80. The number of hydrogen-bond donors (Lipinski definition) is 2. The van der Waals surface area contributed by atoms with Crippen LogP contribution in [0.4, 0.5) is 11.4 Å². The molecule has 0 aliphatic carbocycles. The van der Waals surface area contributed by atoms with Crippen LogP contribution in [-0.4, -0.2) is 46.9 Å². The number of rotatable bonds is 7. The normalized spacial score (nSPS) is 16.0. The Labute approximate surface area is 181 Å². The largest absolute Gasteiger partial charge is 0.355 e. The zero-order chi connectivity index (χ0) is 21.7. The van der Waals surface area contributed by atoms with E-state index in [0.717, 1.165) is 5.56 Å². The standard InChI is InChI=1S/C22H24N4O3S/c1-15-8-10-18(11-9-15)26-21(29)19(25(22(26)30)13-12-23-16(2)27)14-20(28)24-17-6-4-3-5-7-17/h3-11,19H,12-14H2,1-2H3,(H,23,27)(H,24,28)/t19-/m0/s1. The van der Waals surface area contributed by atoms with Gasteiger partial charge in [-0.05, 0) is 43.4 Å². The summed E-state index contributed by atoms with van der Waals surface area (Å²) in [6.45, 7) is 4.04. The number of thiocarbonyl (C=S) groups is 1. The van der Waals surface area contributed by atoms with E-state index in [4.69, 9.17) is 12.2 Å². The molecule has 1 heterocycles. The molecule has 0 radical (unpaired) electrons. The number of carbonyl (C=O) groups excluding carboxylic acids is 3. The van der Waals surface area contributed by atoms with Gasteiger partial charge in [0.25, 0.3) is 5.91 Å². The number of nitrogens with one attached hydrogen (secondary N) is 2. The third-order valence-electron chi connectivity index (χ3n) is 4.77. The van der Waals surface area contributed by atoms with Crippen LogP contribution in [0.15, 0.2) is 54.6 Å². The molecule has 0 saturated carbocycles. The van der Waals surface area contributed by atoms with E-state index in [9.17, 15) is 14.4 Å². The van der Waals surface area contributed by atoms with Gasteiger partial charge in [0.2, 0.25) is 11.8 Å². The lowest BCUT2D eigenvalue weighted by atomic mass is 10.1. The molecule has 156 valence electrons. The van der Waals surface area contributed by atoms with Gasteiger partial charge in [-0.1, -0.05) is 35.9 Å². The van der Waals surface area contributed by atoms with Crippen molar-refractivity contribution in [2.24, 2.45) is 0 Å². The fraction of sp³-hybridized carbons (Fsp3) is 0.273. The van der Waals surface area contributed by atoms with Crippen LogP contribution in [0.5, 0.6) is 0 Å². The molecule has 1 aliphatic heterocycles. The molecule has 0 spiro atoms. The quantitative estimate of drug-likeness (QED) is 0.668. The summed E-state index contributed by atoms with van der Waals surface area (Å²) in [4.78, 5) is 40.2. The number of benzene rings is 2. The Balaban J connectivity index is 1.80. The van der Waals surface area contributed by atoms with Gasteiger partial charge < -0.3 is 15.5 Å². The Kier molecular flexibility index (Phi) is 6.79. The highest BCUT2D eigenvalue weighted by Crippen LogP contribution is 2.27. The zero-order valence-electron chi connectivity index (χ0n) is 16.9. The first-order chi connectivity index (χ1) is 14.4. The van der Waals surface area contributed by atoms with Gasteiger partial charge in [0.05, 0.1) is 12.1 Å². The van der Waals surface area contributed by atoms with Crippen molar-refractivity contribution in [1.82, 2.24) is 10.2 Å². The number of nitrogens with zero attached hydrogens (tertiary/aromatic N) is 2. The number of carbonyl (C=O) groups is 3. The highest BCUT2D eigenvalue weighted by Gasteiger charge is 2.43. The first-order valence-electron chi connectivity index (χ1n) is 9.67. The summed E-state index contributed by atoms with van der Waals surface area (Å²) in [7, 11) is 0. The Morgan fingerprint density at radius 3 is 2.37 bits per heavy atom. The molecular weight excluding hydrogens is 400 g/mol. The summed E-state index contributed by atoms with van der Waals surface area (Å²) in [5.41, 5.74) is 2.39. The molecule has 2 aromatic carbocycles. The van der Waals surface area contributed by atoms with E-state index in [1.807, 2.05) is 49.4 Å². The van der Waals surface area contributed by atoms with E-state index in [2.05, 4.69) is 10.6 Å². The average molecular weight is 425 g/mol. The minimum Gasteiger partial charge on any atom is -0.355 e. The molecular formula is C22H24N4O3S. The van der Waals surface area contributed by atoms with Gasteiger partial charge in [0.15, 0.2) is 5.11 Å². The third-order valence-corrected chi connectivity index (χ3v) is 5.19. The Hall–Kier alpha value is -3.26. The van der Waals surface area contributed by atoms with Crippen LogP contribution >= 0.6 is 12.2 Å². The van der Waals surface area contributed by atoms with Gasteiger partial charge in [0.1, 0.15) is 6.04 Å². The fourth-order valence-electron chi connectivity index (χ4n) is 3.28. The van der Waals surface area contributed by atoms with E-state index in [1.165, 1.54) is 11.8 Å². The molecule has 7 nitrogen and oxygen atoms in total. The summed E-state index contributed by atoms with van der Waals surface area (Å²) < 4.78 is 0. The van der Waals surface area contributed by atoms with Crippen LogP contribution in [0.25, 0.3) is 0 Å². The van der Waals surface area contributed by atoms with Crippen molar-refractivity contribution in [3.8, 4) is 0 Å². The third kappa shape index (κ3) is 5.01. The predicted octanol–water partition coefficient (Wildman–Crippen LogP) is 2.46. The lowest BCUT2D eigenvalue weighted by Gasteiger charge is -2.24. The first kappa shape index (κ1) is 21.4. The minimum absolute atomic E-state index is 0.0453. The fourth-order valence-corrected chi connectivity index (χ4v) is 3.69. The van der Waals surface area contributed by atoms with Crippen LogP contribution in [0, 0.1) is 6.92 Å². The molecule has 1 fully saturated rings. The second kappa shape index (κ2) is 9.49. The summed E-state index contributed by atoms with van der Waals surface area (Å²) >= 11 is 5.58. The Bertz CT molecular complexity index is 947. The van der Waals surface area contributed by atoms with Gasteiger partial charge in [-0.15, -0.1) is 0 Å². The molecule has 2 N–H and O–H groups in total. The molecule has 8 heteroatoms. The van der Waals surface area contributed by atoms with Gasteiger partial charge in [-0.3, -0.25) is 19.3 Å². The van der Waals surface area contributed by atoms with Crippen LogP contribution in [0.2, 0.25) is 0 Å². The maximum Gasteiger partial charge on any atom is 0.256 e. The van der Waals surface area contributed by atoms with Gasteiger partial charge in [-0.25, -0.2) is 0 Å². The average Bonchev–Trinajstić information content (AvgIpc) is 2.93. The van der Waals surface area contributed by atoms with Crippen molar-refractivity contribution in [1.29, 1.82) is 0 Å². The van der Waals surface area contributed by atoms with Gasteiger partial charge in [-0.2, -0.15) is 0 Å². The summed E-state index contributed by atoms with van der Waals surface area (Å²) in [5, 5.41) is 5.85. The molecule has 3 amide bonds. The number of amides is 3. The van der Waals surface area contributed by atoms with Crippen molar-refractivity contribution < 1.29 is 14.4 Å². The van der Waals surface area contributed by atoms with Crippen molar-refractivity contribution in [3.05, 3.63) is 60.2 Å². The Morgan fingerprint density at radius 1 is 1.07 bits per heavy atom. The van der Waals surface area contributed by atoms with Crippen LogP contribution < -0.4 is 15.5 Å². The summed E-state index contributed by atoms with van der Waals surface area (Å²) in [6, 6.07) is 15.8. The highest BCUT2D eigenvalue weighted by atomic mass is 32.1. The monoisotopic (exact) mass is 424 g/mol.